The van der Waals surface area contributed by atoms with Crippen molar-refractivity contribution in [3.8, 4) is 0 Å². The number of morpholine rings is 1. The number of halogens is 1. The van der Waals surface area contributed by atoms with Gasteiger partial charge in [-0.3, -0.25) is 14.5 Å². The van der Waals surface area contributed by atoms with Gasteiger partial charge in [0.2, 0.25) is 5.91 Å². The number of benzene rings is 1. The van der Waals surface area contributed by atoms with E-state index in [1.165, 1.54) is 18.2 Å². The topological polar surface area (TPSA) is 70.7 Å². The molecule has 2 atom stereocenters. The normalized spacial score (nSPS) is 17.4. The van der Waals surface area contributed by atoms with Crippen molar-refractivity contribution >= 4 is 11.8 Å². The van der Waals surface area contributed by atoms with Crippen molar-refractivity contribution < 1.29 is 18.7 Å². The van der Waals surface area contributed by atoms with Crippen molar-refractivity contribution in [2.75, 3.05) is 32.8 Å². The minimum absolute atomic E-state index is 0.0608. The zero-order valence-corrected chi connectivity index (χ0v) is 17.2. The number of hydrogen-bond donors (Lipinski definition) is 2. The molecule has 1 saturated heterocycles. The van der Waals surface area contributed by atoms with E-state index in [-0.39, 0.29) is 23.4 Å². The van der Waals surface area contributed by atoms with Crippen molar-refractivity contribution in [2.45, 2.75) is 39.8 Å². The number of carbonyl (C=O) groups is 2. The Balaban J connectivity index is 1.99. The Bertz CT molecular complexity index is 660. The molecular formula is C21H32FN3O3. The van der Waals surface area contributed by atoms with Crippen LogP contribution in [0, 0.1) is 17.7 Å². The van der Waals surface area contributed by atoms with Gasteiger partial charge in [-0.25, -0.2) is 4.39 Å². The van der Waals surface area contributed by atoms with Crippen molar-refractivity contribution in [1.82, 2.24) is 15.5 Å². The van der Waals surface area contributed by atoms with Crippen LogP contribution in [0.15, 0.2) is 24.3 Å². The van der Waals surface area contributed by atoms with Crippen LogP contribution >= 0.6 is 0 Å². The van der Waals surface area contributed by atoms with Gasteiger partial charge >= 0.3 is 0 Å². The molecule has 1 fully saturated rings. The predicted molar refractivity (Wildman–Crippen MR) is 107 cm³/mol. The van der Waals surface area contributed by atoms with Crippen LogP contribution in [0.4, 0.5) is 4.39 Å². The second-order valence-electron chi connectivity index (χ2n) is 7.88. The molecule has 0 spiro atoms. The van der Waals surface area contributed by atoms with E-state index < -0.39 is 17.8 Å². The highest BCUT2D eigenvalue weighted by atomic mass is 19.1. The lowest BCUT2D eigenvalue weighted by molar-refractivity contribution is -0.124. The summed E-state index contributed by atoms with van der Waals surface area (Å²) in [6.07, 6.45) is 0. The molecule has 0 radical (unpaired) electrons. The quantitative estimate of drug-likeness (QED) is 0.709. The van der Waals surface area contributed by atoms with Crippen LogP contribution in [-0.4, -0.2) is 61.6 Å². The molecule has 156 valence electrons. The number of ether oxygens (including phenoxy) is 1. The van der Waals surface area contributed by atoms with Crippen LogP contribution in [-0.2, 0) is 9.53 Å². The SMILES string of the molecule is CC(C)C(NC(=O)c1ccccc1F)C(=O)NCC(C(C)C)N1CCOCC1. The maximum Gasteiger partial charge on any atom is 0.254 e. The molecule has 1 aromatic rings. The lowest BCUT2D eigenvalue weighted by atomic mass is 10.00. The van der Waals surface area contributed by atoms with Crippen LogP contribution < -0.4 is 10.6 Å². The first-order valence-corrected chi connectivity index (χ1v) is 9.96. The minimum Gasteiger partial charge on any atom is -0.379 e. The molecule has 2 unspecified atom stereocenters. The lowest BCUT2D eigenvalue weighted by Crippen LogP contribution is -2.55. The van der Waals surface area contributed by atoms with Crippen molar-refractivity contribution in [3.05, 3.63) is 35.6 Å². The number of nitrogens with one attached hydrogen (secondary N) is 2. The Hall–Kier alpha value is -1.99. The summed E-state index contributed by atoms with van der Waals surface area (Å²) in [5, 5.41) is 5.67. The predicted octanol–water partition coefficient (Wildman–Crippen LogP) is 2.05. The van der Waals surface area contributed by atoms with Crippen molar-refractivity contribution in [2.24, 2.45) is 11.8 Å². The van der Waals surface area contributed by atoms with E-state index in [4.69, 9.17) is 4.74 Å². The van der Waals surface area contributed by atoms with Gasteiger partial charge < -0.3 is 15.4 Å². The highest BCUT2D eigenvalue weighted by Crippen LogP contribution is 2.13. The van der Waals surface area contributed by atoms with E-state index in [9.17, 15) is 14.0 Å². The van der Waals surface area contributed by atoms with Crippen molar-refractivity contribution in [3.63, 3.8) is 0 Å². The summed E-state index contributed by atoms with van der Waals surface area (Å²) in [5.41, 5.74) is -0.0608. The summed E-state index contributed by atoms with van der Waals surface area (Å²) >= 11 is 0. The van der Waals surface area contributed by atoms with Gasteiger partial charge in [0, 0.05) is 25.7 Å². The van der Waals surface area contributed by atoms with E-state index in [0.717, 1.165) is 13.1 Å². The molecule has 1 heterocycles. The zero-order chi connectivity index (χ0) is 20.7. The van der Waals surface area contributed by atoms with Gasteiger partial charge in [-0.05, 0) is 24.0 Å². The molecule has 1 aromatic carbocycles. The molecular weight excluding hydrogens is 361 g/mol. The van der Waals surface area contributed by atoms with Gasteiger partial charge in [0.15, 0.2) is 0 Å². The molecule has 1 aliphatic rings. The van der Waals surface area contributed by atoms with Crippen LogP contribution in [0.1, 0.15) is 38.1 Å². The highest BCUT2D eigenvalue weighted by molar-refractivity contribution is 5.97. The number of rotatable bonds is 8. The first-order chi connectivity index (χ1) is 13.3. The van der Waals surface area contributed by atoms with E-state index in [2.05, 4.69) is 29.4 Å². The molecule has 0 bridgehead atoms. The van der Waals surface area contributed by atoms with E-state index >= 15 is 0 Å². The molecule has 0 saturated carbocycles. The zero-order valence-electron chi connectivity index (χ0n) is 17.2. The Labute approximate surface area is 166 Å². The Morgan fingerprint density at radius 2 is 1.75 bits per heavy atom. The standard InChI is InChI=1S/C21H32FN3O3/c1-14(2)18(25-9-11-28-12-10-25)13-23-21(27)19(15(3)4)24-20(26)16-7-5-6-8-17(16)22/h5-8,14-15,18-19H,9-13H2,1-4H3,(H,23,27)(H,24,26). The fourth-order valence-corrected chi connectivity index (χ4v) is 3.41. The van der Waals surface area contributed by atoms with E-state index in [1.54, 1.807) is 6.07 Å². The van der Waals surface area contributed by atoms with E-state index in [1.807, 2.05) is 13.8 Å². The molecule has 1 aliphatic heterocycles. The monoisotopic (exact) mass is 393 g/mol. The van der Waals surface area contributed by atoms with Crippen LogP contribution in [0.3, 0.4) is 0 Å². The minimum atomic E-state index is -0.732. The van der Waals surface area contributed by atoms with Gasteiger partial charge in [0.1, 0.15) is 11.9 Å². The van der Waals surface area contributed by atoms with Gasteiger partial charge in [-0.2, -0.15) is 0 Å². The highest BCUT2D eigenvalue weighted by Gasteiger charge is 2.28. The number of nitrogens with zero attached hydrogens (tertiary/aromatic N) is 1. The molecule has 6 nitrogen and oxygen atoms in total. The summed E-state index contributed by atoms with van der Waals surface area (Å²) < 4.78 is 19.3. The van der Waals surface area contributed by atoms with Crippen LogP contribution in [0.2, 0.25) is 0 Å². The van der Waals surface area contributed by atoms with Crippen LogP contribution in [0.5, 0.6) is 0 Å². The third-order valence-corrected chi connectivity index (χ3v) is 5.12. The molecule has 2 amide bonds. The number of carbonyl (C=O) groups excluding carboxylic acids is 2. The average Bonchev–Trinajstić information content (AvgIpc) is 2.66. The second-order valence-corrected chi connectivity index (χ2v) is 7.88. The third kappa shape index (κ3) is 6.01. The first-order valence-electron chi connectivity index (χ1n) is 9.96. The summed E-state index contributed by atoms with van der Waals surface area (Å²) in [6.45, 7) is 11.6. The van der Waals surface area contributed by atoms with Crippen LogP contribution in [0.25, 0.3) is 0 Å². The van der Waals surface area contributed by atoms with Gasteiger partial charge in [-0.1, -0.05) is 39.8 Å². The molecule has 2 rings (SSSR count). The number of hydrogen-bond acceptors (Lipinski definition) is 4. The Morgan fingerprint density at radius 1 is 1.11 bits per heavy atom. The number of amides is 2. The Kier molecular flexibility index (Phi) is 8.38. The maximum absolute atomic E-state index is 13.9. The largest absolute Gasteiger partial charge is 0.379 e. The summed E-state index contributed by atoms with van der Waals surface area (Å²) in [7, 11) is 0. The van der Waals surface area contributed by atoms with Gasteiger partial charge in [-0.15, -0.1) is 0 Å². The molecule has 2 N–H and O–H groups in total. The first kappa shape index (κ1) is 22.3. The van der Waals surface area contributed by atoms with Gasteiger partial charge in [0.05, 0.1) is 18.8 Å². The summed E-state index contributed by atoms with van der Waals surface area (Å²) in [4.78, 5) is 27.5. The molecule has 0 aromatic heterocycles. The fourth-order valence-electron chi connectivity index (χ4n) is 3.41. The van der Waals surface area contributed by atoms with E-state index in [0.29, 0.717) is 25.7 Å². The van der Waals surface area contributed by atoms with Gasteiger partial charge in [0.25, 0.3) is 5.91 Å². The summed E-state index contributed by atoms with van der Waals surface area (Å²) in [5.74, 6) is -1.20. The molecule has 7 heteroatoms. The third-order valence-electron chi connectivity index (χ3n) is 5.12. The average molecular weight is 394 g/mol. The van der Waals surface area contributed by atoms with Crippen molar-refractivity contribution in [1.29, 1.82) is 0 Å². The molecule has 28 heavy (non-hydrogen) atoms. The molecule has 0 aliphatic carbocycles. The maximum atomic E-state index is 13.9. The second kappa shape index (κ2) is 10.5. The smallest absolute Gasteiger partial charge is 0.254 e. The lowest BCUT2D eigenvalue weighted by Gasteiger charge is -2.37. The Morgan fingerprint density at radius 3 is 2.32 bits per heavy atom. The fraction of sp³-hybridized carbons (Fsp3) is 0.619. The summed E-state index contributed by atoms with van der Waals surface area (Å²) in [6, 6.07) is 5.23.